The first kappa shape index (κ1) is 19.2. The molecule has 0 unspecified atom stereocenters. The zero-order valence-corrected chi connectivity index (χ0v) is 17.2. The summed E-state index contributed by atoms with van der Waals surface area (Å²) in [5.41, 5.74) is 1.42. The van der Waals surface area contributed by atoms with Crippen molar-refractivity contribution in [2.75, 3.05) is 18.5 Å². The number of halogens is 1. The summed E-state index contributed by atoms with van der Waals surface area (Å²) in [7, 11) is 0. The van der Waals surface area contributed by atoms with E-state index in [1.165, 1.54) is 29.8 Å². The van der Waals surface area contributed by atoms with Gasteiger partial charge in [-0.3, -0.25) is 4.79 Å². The fraction of sp³-hybridized carbons (Fsp3) is 0.381. The largest absolute Gasteiger partial charge is 0.486 e. The Labute approximate surface area is 176 Å². The molecule has 1 aliphatic heterocycles. The van der Waals surface area contributed by atoms with Gasteiger partial charge in [0.25, 0.3) is 5.91 Å². The Morgan fingerprint density at radius 2 is 2.17 bits per heavy atom. The molecule has 1 aromatic carbocycles. The molecule has 2 fully saturated rings. The number of hydrogen-bond donors (Lipinski definition) is 2. The molecule has 1 saturated carbocycles. The van der Waals surface area contributed by atoms with Crippen LogP contribution in [0.1, 0.15) is 34.5 Å². The van der Waals surface area contributed by atoms with E-state index in [2.05, 4.69) is 20.6 Å². The predicted molar refractivity (Wildman–Crippen MR) is 112 cm³/mol. The summed E-state index contributed by atoms with van der Waals surface area (Å²) in [6.45, 7) is 3.01. The highest BCUT2D eigenvalue weighted by Crippen LogP contribution is 2.37. The molecule has 3 aromatic rings. The van der Waals surface area contributed by atoms with Gasteiger partial charge in [-0.1, -0.05) is 0 Å². The van der Waals surface area contributed by atoms with Crippen molar-refractivity contribution in [3.05, 3.63) is 40.8 Å². The van der Waals surface area contributed by atoms with E-state index in [-0.39, 0.29) is 23.9 Å². The van der Waals surface area contributed by atoms with E-state index in [0.29, 0.717) is 35.3 Å². The third-order valence-electron chi connectivity index (χ3n) is 5.22. The van der Waals surface area contributed by atoms with E-state index in [1.54, 1.807) is 6.07 Å². The van der Waals surface area contributed by atoms with Gasteiger partial charge in [0, 0.05) is 18.5 Å². The van der Waals surface area contributed by atoms with Gasteiger partial charge in [0.1, 0.15) is 34.6 Å². The lowest BCUT2D eigenvalue weighted by molar-refractivity contribution is 0.0954. The van der Waals surface area contributed by atoms with Crippen LogP contribution in [0.4, 0.5) is 15.9 Å². The average Bonchev–Trinajstić information content (AvgIpc) is 3.25. The van der Waals surface area contributed by atoms with Crippen molar-refractivity contribution >= 4 is 39.0 Å². The van der Waals surface area contributed by atoms with Crippen molar-refractivity contribution < 1.29 is 18.7 Å². The van der Waals surface area contributed by atoms with E-state index in [0.717, 1.165) is 35.0 Å². The third-order valence-corrected chi connectivity index (χ3v) is 6.42. The Balaban J connectivity index is 1.48. The highest BCUT2D eigenvalue weighted by Gasteiger charge is 2.27. The van der Waals surface area contributed by atoms with Crippen LogP contribution in [0.5, 0.6) is 5.75 Å². The van der Waals surface area contributed by atoms with E-state index >= 15 is 0 Å². The number of fused-ring (bicyclic) bond motifs is 1. The normalized spacial score (nSPS) is 18.5. The van der Waals surface area contributed by atoms with Crippen LogP contribution in [0.2, 0.25) is 0 Å². The monoisotopic (exact) mass is 428 g/mol. The maximum absolute atomic E-state index is 13.9. The Kier molecular flexibility index (Phi) is 5.00. The zero-order valence-electron chi connectivity index (χ0n) is 16.4. The SMILES string of the molecule is Cc1c(C(=O)NC2CC2)sc2ncnc(Nc3ccc(F)cc3O[C@@H]3CCOC3)c12. The lowest BCUT2D eigenvalue weighted by Gasteiger charge is -2.17. The molecule has 0 radical (unpaired) electrons. The van der Waals surface area contributed by atoms with Crippen molar-refractivity contribution in [1.29, 1.82) is 0 Å². The van der Waals surface area contributed by atoms with Crippen LogP contribution in [0.25, 0.3) is 10.2 Å². The smallest absolute Gasteiger partial charge is 0.261 e. The Bertz CT molecular complexity index is 1110. The minimum Gasteiger partial charge on any atom is -0.486 e. The fourth-order valence-corrected chi connectivity index (χ4v) is 4.52. The minimum absolute atomic E-state index is 0.0732. The summed E-state index contributed by atoms with van der Waals surface area (Å²) in [6.07, 6.45) is 4.16. The molecule has 5 rings (SSSR count). The second kappa shape index (κ2) is 7.81. The number of hydrogen-bond acceptors (Lipinski definition) is 7. The highest BCUT2D eigenvalue weighted by molar-refractivity contribution is 7.20. The molecule has 9 heteroatoms. The molecule has 1 atom stereocenters. The van der Waals surface area contributed by atoms with Crippen LogP contribution in [0, 0.1) is 12.7 Å². The van der Waals surface area contributed by atoms with Gasteiger partial charge in [-0.2, -0.15) is 0 Å². The van der Waals surface area contributed by atoms with Gasteiger partial charge in [-0.25, -0.2) is 14.4 Å². The molecule has 2 aliphatic rings. The number of ether oxygens (including phenoxy) is 2. The number of amides is 1. The van der Waals surface area contributed by atoms with Gasteiger partial charge in [-0.15, -0.1) is 11.3 Å². The summed E-state index contributed by atoms with van der Waals surface area (Å²) < 4.78 is 25.2. The van der Waals surface area contributed by atoms with Crippen molar-refractivity contribution in [3.8, 4) is 5.75 Å². The average molecular weight is 428 g/mol. The molecule has 0 spiro atoms. The van der Waals surface area contributed by atoms with Crippen molar-refractivity contribution in [1.82, 2.24) is 15.3 Å². The van der Waals surface area contributed by atoms with E-state index in [1.807, 2.05) is 6.92 Å². The van der Waals surface area contributed by atoms with E-state index < -0.39 is 0 Å². The molecular weight excluding hydrogens is 407 g/mol. The summed E-state index contributed by atoms with van der Waals surface area (Å²) >= 11 is 1.35. The molecule has 0 bridgehead atoms. The number of nitrogens with zero attached hydrogens (tertiary/aromatic N) is 2. The second-order valence-electron chi connectivity index (χ2n) is 7.58. The summed E-state index contributed by atoms with van der Waals surface area (Å²) in [5.74, 6) is 0.499. The number of nitrogens with one attached hydrogen (secondary N) is 2. The number of carbonyl (C=O) groups is 1. The molecule has 1 saturated heterocycles. The number of thiophene rings is 1. The Morgan fingerprint density at radius 3 is 2.93 bits per heavy atom. The number of carbonyl (C=O) groups excluding carboxylic acids is 1. The first-order chi connectivity index (χ1) is 14.6. The molecule has 7 nitrogen and oxygen atoms in total. The lowest BCUT2D eigenvalue weighted by Crippen LogP contribution is -2.24. The molecule has 3 heterocycles. The third kappa shape index (κ3) is 3.82. The fourth-order valence-electron chi connectivity index (χ4n) is 3.47. The van der Waals surface area contributed by atoms with Crippen LogP contribution in [0.3, 0.4) is 0 Å². The topological polar surface area (TPSA) is 85.4 Å². The van der Waals surface area contributed by atoms with Gasteiger partial charge < -0.3 is 20.1 Å². The molecule has 2 aromatic heterocycles. The van der Waals surface area contributed by atoms with Crippen molar-refractivity contribution in [3.63, 3.8) is 0 Å². The predicted octanol–water partition coefficient (Wildman–Crippen LogP) is 3.94. The first-order valence-electron chi connectivity index (χ1n) is 9.94. The maximum Gasteiger partial charge on any atom is 0.261 e. The number of benzene rings is 1. The number of aryl methyl sites for hydroxylation is 1. The standard InChI is InChI=1S/C21H21FN4O3S/c1-11-17-19(23-10-24-21(17)30-18(11)20(27)25-13-3-4-13)26-15-5-2-12(22)8-16(15)29-14-6-7-28-9-14/h2,5,8,10,13-14H,3-4,6-7,9H2,1H3,(H,25,27)(H,23,24,26)/t14-/m1/s1. The molecule has 156 valence electrons. The van der Waals surface area contributed by atoms with Crippen molar-refractivity contribution in [2.45, 2.75) is 38.3 Å². The van der Waals surface area contributed by atoms with Crippen LogP contribution in [-0.2, 0) is 4.74 Å². The van der Waals surface area contributed by atoms with Gasteiger partial charge in [0.15, 0.2) is 0 Å². The van der Waals surface area contributed by atoms with Gasteiger partial charge in [-0.05, 0) is 37.5 Å². The molecule has 30 heavy (non-hydrogen) atoms. The van der Waals surface area contributed by atoms with Gasteiger partial charge in [0.2, 0.25) is 0 Å². The Hall–Kier alpha value is -2.78. The highest BCUT2D eigenvalue weighted by atomic mass is 32.1. The molecule has 1 aliphatic carbocycles. The second-order valence-corrected chi connectivity index (χ2v) is 8.57. The molecule has 2 N–H and O–H groups in total. The zero-order chi connectivity index (χ0) is 20.7. The molecule has 1 amide bonds. The Morgan fingerprint density at radius 1 is 1.30 bits per heavy atom. The van der Waals surface area contributed by atoms with Crippen LogP contribution < -0.4 is 15.4 Å². The number of aromatic nitrogens is 2. The lowest BCUT2D eigenvalue weighted by atomic mass is 10.2. The van der Waals surface area contributed by atoms with Crippen LogP contribution >= 0.6 is 11.3 Å². The first-order valence-corrected chi connectivity index (χ1v) is 10.8. The quantitative estimate of drug-likeness (QED) is 0.619. The van der Waals surface area contributed by atoms with E-state index in [9.17, 15) is 9.18 Å². The molecular formula is C21H21FN4O3S. The minimum atomic E-state index is -0.381. The van der Waals surface area contributed by atoms with Crippen LogP contribution in [0.15, 0.2) is 24.5 Å². The summed E-state index contributed by atoms with van der Waals surface area (Å²) in [5, 5.41) is 7.06. The van der Waals surface area contributed by atoms with Gasteiger partial charge in [0.05, 0.1) is 29.2 Å². The number of rotatable bonds is 6. The van der Waals surface area contributed by atoms with Crippen molar-refractivity contribution in [2.24, 2.45) is 0 Å². The van der Waals surface area contributed by atoms with Crippen LogP contribution in [-0.4, -0.2) is 41.2 Å². The number of anilines is 2. The van der Waals surface area contributed by atoms with E-state index in [4.69, 9.17) is 9.47 Å². The summed E-state index contributed by atoms with van der Waals surface area (Å²) in [6, 6.07) is 4.63. The summed E-state index contributed by atoms with van der Waals surface area (Å²) in [4.78, 5) is 22.7. The maximum atomic E-state index is 13.9. The van der Waals surface area contributed by atoms with Gasteiger partial charge >= 0.3 is 0 Å².